The molecule has 1 unspecified atom stereocenters. The van der Waals surface area contributed by atoms with Crippen LogP contribution >= 0.6 is 15.9 Å². The van der Waals surface area contributed by atoms with Crippen LogP contribution in [-0.2, 0) is 4.79 Å². The van der Waals surface area contributed by atoms with Gasteiger partial charge in [0.25, 0.3) is 5.91 Å². The van der Waals surface area contributed by atoms with Crippen LogP contribution in [0.15, 0.2) is 22.8 Å². The highest BCUT2D eigenvalue weighted by Gasteiger charge is 2.34. The van der Waals surface area contributed by atoms with Crippen LogP contribution in [0.2, 0.25) is 0 Å². The fourth-order valence-corrected chi connectivity index (χ4v) is 2.14. The summed E-state index contributed by atoms with van der Waals surface area (Å²) in [6.07, 6.45) is 1.92. The Hall–Kier alpha value is -1.43. The van der Waals surface area contributed by atoms with E-state index in [4.69, 9.17) is 5.11 Å². The average Bonchev–Trinajstić information content (AvgIpc) is 3.11. The number of hydrogen-bond donors (Lipinski definition) is 2. The van der Waals surface area contributed by atoms with E-state index in [1.165, 1.54) is 0 Å². The minimum absolute atomic E-state index is 0.0373. The van der Waals surface area contributed by atoms with Crippen molar-refractivity contribution in [3.05, 3.63) is 28.5 Å². The summed E-state index contributed by atoms with van der Waals surface area (Å²) in [4.78, 5) is 26.7. The molecule has 1 saturated carbocycles. The number of amides is 1. The number of nitrogens with one attached hydrogen (secondary N) is 1. The van der Waals surface area contributed by atoms with Gasteiger partial charge in [-0.2, -0.15) is 0 Å². The van der Waals surface area contributed by atoms with Crippen LogP contribution in [0.4, 0.5) is 0 Å². The zero-order valence-electron chi connectivity index (χ0n) is 9.60. The fourth-order valence-electron chi connectivity index (χ4n) is 1.80. The molecule has 1 aromatic heterocycles. The highest BCUT2D eigenvalue weighted by atomic mass is 79.9. The van der Waals surface area contributed by atoms with Crippen LogP contribution in [0.25, 0.3) is 0 Å². The van der Waals surface area contributed by atoms with Crippen molar-refractivity contribution in [2.75, 3.05) is 0 Å². The minimum atomic E-state index is -0.894. The van der Waals surface area contributed by atoms with Crippen LogP contribution in [0.5, 0.6) is 0 Å². The van der Waals surface area contributed by atoms with Crippen molar-refractivity contribution in [1.29, 1.82) is 0 Å². The molecular weight excluding hydrogens is 300 g/mol. The van der Waals surface area contributed by atoms with Crippen molar-refractivity contribution in [2.24, 2.45) is 5.92 Å². The lowest BCUT2D eigenvalue weighted by molar-refractivity contribution is -0.137. The van der Waals surface area contributed by atoms with E-state index < -0.39 is 5.97 Å². The number of carboxylic acids is 1. The summed E-state index contributed by atoms with van der Waals surface area (Å²) in [6.45, 7) is 0. The summed E-state index contributed by atoms with van der Waals surface area (Å²) in [7, 11) is 0. The largest absolute Gasteiger partial charge is 0.481 e. The molecule has 96 valence electrons. The Morgan fingerprint density at radius 3 is 2.78 bits per heavy atom. The summed E-state index contributed by atoms with van der Waals surface area (Å²) in [5, 5.41) is 11.6. The summed E-state index contributed by atoms with van der Waals surface area (Å²) in [5.74, 6) is -0.930. The van der Waals surface area contributed by atoms with Crippen molar-refractivity contribution >= 4 is 27.8 Å². The SMILES string of the molecule is O=C(O)CC(NC(=O)c1cccc(Br)n1)C1CC1. The van der Waals surface area contributed by atoms with E-state index in [9.17, 15) is 9.59 Å². The molecule has 0 bridgehead atoms. The standard InChI is InChI=1S/C12H13BrN2O3/c13-10-3-1-2-8(14-10)12(18)15-9(6-11(16)17)7-4-5-7/h1-3,7,9H,4-6H2,(H,15,18)(H,16,17). The molecule has 1 atom stereocenters. The first-order valence-corrected chi connectivity index (χ1v) is 6.51. The van der Waals surface area contributed by atoms with Gasteiger partial charge in [0.2, 0.25) is 0 Å². The number of nitrogens with zero attached hydrogens (tertiary/aromatic N) is 1. The predicted octanol–water partition coefficient (Wildman–Crippen LogP) is 1.83. The smallest absolute Gasteiger partial charge is 0.305 e. The third-order valence-corrected chi connectivity index (χ3v) is 3.29. The molecule has 1 aliphatic rings. The van der Waals surface area contributed by atoms with Gasteiger partial charge in [-0.15, -0.1) is 0 Å². The molecule has 2 N–H and O–H groups in total. The maximum atomic E-state index is 11.9. The quantitative estimate of drug-likeness (QED) is 0.813. The first-order chi connectivity index (χ1) is 8.56. The van der Waals surface area contributed by atoms with Crippen molar-refractivity contribution in [3.63, 3.8) is 0 Å². The van der Waals surface area contributed by atoms with Gasteiger partial charge in [-0.3, -0.25) is 9.59 Å². The molecule has 2 rings (SSSR count). The molecule has 1 amide bonds. The number of pyridine rings is 1. The number of halogens is 1. The molecule has 1 fully saturated rings. The molecule has 0 saturated heterocycles. The minimum Gasteiger partial charge on any atom is -0.481 e. The molecule has 6 heteroatoms. The molecule has 1 aliphatic carbocycles. The number of carbonyl (C=O) groups excluding carboxylic acids is 1. The topological polar surface area (TPSA) is 79.3 Å². The van der Waals surface area contributed by atoms with Gasteiger partial charge in [0.05, 0.1) is 6.42 Å². The second kappa shape index (κ2) is 5.48. The van der Waals surface area contributed by atoms with E-state index in [-0.39, 0.29) is 24.3 Å². The number of carbonyl (C=O) groups is 2. The van der Waals surface area contributed by atoms with Gasteiger partial charge in [-0.05, 0) is 46.8 Å². The van der Waals surface area contributed by atoms with Crippen LogP contribution < -0.4 is 5.32 Å². The van der Waals surface area contributed by atoms with Crippen molar-refractivity contribution in [3.8, 4) is 0 Å². The van der Waals surface area contributed by atoms with Crippen molar-refractivity contribution in [2.45, 2.75) is 25.3 Å². The van der Waals surface area contributed by atoms with E-state index in [1.807, 2.05) is 0 Å². The molecule has 0 aliphatic heterocycles. The predicted molar refractivity (Wildman–Crippen MR) is 68.2 cm³/mol. The summed E-state index contributed by atoms with van der Waals surface area (Å²) in [6, 6.07) is 4.75. The van der Waals surface area contributed by atoms with Gasteiger partial charge in [0, 0.05) is 6.04 Å². The Labute approximate surface area is 113 Å². The van der Waals surface area contributed by atoms with Gasteiger partial charge < -0.3 is 10.4 Å². The van der Waals surface area contributed by atoms with Crippen LogP contribution in [0, 0.1) is 5.92 Å². The zero-order valence-corrected chi connectivity index (χ0v) is 11.2. The number of carboxylic acid groups (broad SMARTS) is 1. The fraction of sp³-hybridized carbons (Fsp3) is 0.417. The molecule has 5 nitrogen and oxygen atoms in total. The van der Waals surface area contributed by atoms with E-state index in [1.54, 1.807) is 18.2 Å². The summed E-state index contributed by atoms with van der Waals surface area (Å²) >= 11 is 3.19. The Kier molecular flexibility index (Phi) is 3.96. The Morgan fingerprint density at radius 2 is 2.22 bits per heavy atom. The van der Waals surface area contributed by atoms with Gasteiger partial charge in [-0.25, -0.2) is 4.98 Å². The molecule has 0 radical (unpaired) electrons. The normalized spacial score (nSPS) is 16.1. The third kappa shape index (κ3) is 3.53. The summed E-state index contributed by atoms with van der Waals surface area (Å²) < 4.78 is 0.580. The van der Waals surface area contributed by atoms with Gasteiger partial charge in [0.1, 0.15) is 10.3 Å². The van der Waals surface area contributed by atoms with E-state index in [2.05, 4.69) is 26.2 Å². The van der Waals surface area contributed by atoms with Crippen LogP contribution in [0.3, 0.4) is 0 Å². The van der Waals surface area contributed by atoms with Gasteiger partial charge in [-0.1, -0.05) is 6.07 Å². The van der Waals surface area contributed by atoms with Crippen molar-refractivity contribution in [1.82, 2.24) is 10.3 Å². The lowest BCUT2D eigenvalue weighted by Crippen LogP contribution is -2.38. The van der Waals surface area contributed by atoms with Crippen molar-refractivity contribution < 1.29 is 14.7 Å². The highest BCUT2D eigenvalue weighted by molar-refractivity contribution is 9.10. The second-order valence-electron chi connectivity index (χ2n) is 4.36. The van der Waals surface area contributed by atoms with Crippen LogP contribution in [-0.4, -0.2) is 28.0 Å². The maximum Gasteiger partial charge on any atom is 0.305 e. The van der Waals surface area contributed by atoms with Gasteiger partial charge >= 0.3 is 5.97 Å². The Morgan fingerprint density at radius 1 is 1.50 bits per heavy atom. The molecule has 0 spiro atoms. The Balaban J connectivity index is 2.02. The van der Waals surface area contributed by atoms with E-state index in [0.717, 1.165) is 12.8 Å². The lowest BCUT2D eigenvalue weighted by atomic mass is 10.1. The number of hydrogen-bond acceptors (Lipinski definition) is 3. The monoisotopic (exact) mass is 312 g/mol. The molecule has 18 heavy (non-hydrogen) atoms. The molecule has 0 aromatic carbocycles. The lowest BCUT2D eigenvalue weighted by Gasteiger charge is -2.15. The number of aliphatic carboxylic acids is 1. The van der Waals surface area contributed by atoms with E-state index >= 15 is 0 Å². The van der Waals surface area contributed by atoms with Gasteiger partial charge in [0.15, 0.2) is 0 Å². The number of aromatic nitrogens is 1. The Bertz CT molecular complexity index is 474. The zero-order chi connectivity index (χ0) is 13.1. The molecule has 1 heterocycles. The van der Waals surface area contributed by atoms with E-state index in [0.29, 0.717) is 10.3 Å². The first kappa shape index (κ1) is 13.0. The summed E-state index contributed by atoms with van der Waals surface area (Å²) in [5.41, 5.74) is 0.292. The first-order valence-electron chi connectivity index (χ1n) is 5.71. The number of rotatable bonds is 5. The van der Waals surface area contributed by atoms with Crippen LogP contribution in [0.1, 0.15) is 29.8 Å². The highest BCUT2D eigenvalue weighted by Crippen LogP contribution is 2.34. The molecular formula is C12H13BrN2O3. The maximum absolute atomic E-state index is 11.9. The second-order valence-corrected chi connectivity index (χ2v) is 5.17. The third-order valence-electron chi connectivity index (χ3n) is 2.85. The molecule has 1 aromatic rings. The average molecular weight is 313 g/mol.